The summed E-state index contributed by atoms with van der Waals surface area (Å²) in [6.45, 7) is 7.04. The highest BCUT2D eigenvalue weighted by atomic mass is 127. The van der Waals surface area contributed by atoms with Crippen LogP contribution in [-0.4, -0.2) is 48.6 Å². The first-order valence-corrected chi connectivity index (χ1v) is 10.5. The smallest absolute Gasteiger partial charge is 0.191 e. The average molecular weight is 513 g/mol. The largest absolute Gasteiger partial charge is 0.493 e. The van der Waals surface area contributed by atoms with Crippen LogP contribution >= 0.6 is 35.3 Å². The molecule has 2 aliphatic rings. The zero-order valence-corrected chi connectivity index (χ0v) is 19.4. The molecule has 0 bridgehead atoms. The first-order valence-electron chi connectivity index (χ1n) is 9.60. The van der Waals surface area contributed by atoms with Gasteiger partial charge in [0.15, 0.2) is 11.1 Å². The van der Waals surface area contributed by atoms with Crippen molar-refractivity contribution in [2.75, 3.05) is 37.7 Å². The van der Waals surface area contributed by atoms with E-state index in [9.17, 15) is 0 Å². The summed E-state index contributed by atoms with van der Waals surface area (Å²) in [6.07, 6.45) is 4.44. The lowest BCUT2D eigenvalue weighted by Gasteiger charge is -2.35. The Labute approximate surface area is 187 Å². The van der Waals surface area contributed by atoms with Crippen LogP contribution in [-0.2, 0) is 6.54 Å². The highest BCUT2D eigenvalue weighted by Gasteiger charge is 2.23. The fourth-order valence-electron chi connectivity index (χ4n) is 3.18. The fourth-order valence-corrected chi connectivity index (χ4v) is 3.88. The number of aliphatic imine (C=N–C) groups is 1. The summed E-state index contributed by atoms with van der Waals surface area (Å²) >= 11 is 1.68. The summed E-state index contributed by atoms with van der Waals surface area (Å²) < 4.78 is 6.04. The first-order chi connectivity index (χ1) is 13.2. The van der Waals surface area contributed by atoms with Gasteiger partial charge in [-0.05, 0) is 37.3 Å². The van der Waals surface area contributed by atoms with Gasteiger partial charge in [0.1, 0.15) is 5.75 Å². The van der Waals surface area contributed by atoms with Gasteiger partial charge in [0.25, 0.3) is 0 Å². The van der Waals surface area contributed by atoms with E-state index < -0.39 is 0 Å². The molecule has 2 heterocycles. The number of anilines is 1. The molecule has 1 saturated carbocycles. The second-order valence-corrected chi connectivity index (χ2v) is 8.20. The first kappa shape index (κ1) is 21.2. The fraction of sp³-hybridized carbons (Fsp3) is 0.500. The molecule has 0 amide bonds. The summed E-state index contributed by atoms with van der Waals surface area (Å²) in [5, 5.41) is 3.10. The van der Waals surface area contributed by atoms with Crippen LogP contribution in [0.5, 0.6) is 5.75 Å². The molecule has 1 aliphatic heterocycles. The molecule has 0 radical (unpaired) electrons. The molecule has 152 valence electrons. The van der Waals surface area contributed by atoms with Crippen molar-refractivity contribution in [3.05, 3.63) is 40.9 Å². The van der Waals surface area contributed by atoms with Gasteiger partial charge in [0.2, 0.25) is 0 Å². The Bertz CT molecular complexity index is 786. The Balaban J connectivity index is 0.00000225. The number of halogens is 1. The van der Waals surface area contributed by atoms with Crippen molar-refractivity contribution in [2.24, 2.45) is 16.6 Å². The van der Waals surface area contributed by atoms with E-state index in [0.717, 1.165) is 55.1 Å². The lowest BCUT2D eigenvalue weighted by atomic mass is 10.1. The number of nitrogens with two attached hydrogens (primary N) is 1. The minimum atomic E-state index is 0. The number of hydrogen-bond acceptors (Lipinski definition) is 5. The predicted molar refractivity (Wildman–Crippen MR) is 126 cm³/mol. The van der Waals surface area contributed by atoms with Crippen molar-refractivity contribution < 1.29 is 4.74 Å². The number of aryl methyl sites for hydroxylation is 1. The molecule has 1 aliphatic carbocycles. The van der Waals surface area contributed by atoms with Gasteiger partial charge in [0.05, 0.1) is 13.2 Å². The summed E-state index contributed by atoms with van der Waals surface area (Å²) in [4.78, 5) is 13.5. The molecule has 6 nitrogen and oxygen atoms in total. The highest BCUT2D eigenvalue weighted by molar-refractivity contribution is 14.0. The maximum atomic E-state index is 6.28. The second-order valence-electron chi connectivity index (χ2n) is 7.33. The van der Waals surface area contributed by atoms with Gasteiger partial charge < -0.3 is 20.3 Å². The third kappa shape index (κ3) is 5.50. The third-order valence-corrected chi connectivity index (χ3v) is 5.93. The number of aromatic nitrogens is 1. The van der Waals surface area contributed by atoms with Crippen LogP contribution in [0.25, 0.3) is 0 Å². The molecular formula is C20H28IN5OS. The standard InChI is InChI=1S/C20H27N5OS.HI/c1-15-2-5-17(18(12-15)26-14-16-3-4-16)13-23-19(21)24-7-9-25(10-8-24)20-22-6-11-27-20;/h2,5-6,11-12,16H,3-4,7-10,13-14H2,1H3,(H2,21,23);1H. The van der Waals surface area contributed by atoms with Crippen LogP contribution in [0, 0.1) is 12.8 Å². The van der Waals surface area contributed by atoms with E-state index in [-0.39, 0.29) is 24.0 Å². The number of hydrogen-bond donors (Lipinski definition) is 1. The van der Waals surface area contributed by atoms with Crippen LogP contribution in [0.4, 0.5) is 5.13 Å². The second kappa shape index (κ2) is 9.78. The molecule has 0 spiro atoms. The van der Waals surface area contributed by atoms with E-state index in [2.05, 4.69) is 44.9 Å². The van der Waals surface area contributed by atoms with Crippen LogP contribution in [0.2, 0.25) is 0 Å². The van der Waals surface area contributed by atoms with Crippen molar-refractivity contribution in [3.63, 3.8) is 0 Å². The van der Waals surface area contributed by atoms with E-state index in [1.807, 2.05) is 11.6 Å². The zero-order valence-electron chi connectivity index (χ0n) is 16.2. The van der Waals surface area contributed by atoms with E-state index in [1.54, 1.807) is 11.3 Å². The van der Waals surface area contributed by atoms with Crippen molar-refractivity contribution in [3.8, 4) is 5.75 Å². The van der Waals surface area contributed by atoms with Gasteiger partial charge in [-0.3, -0.25) is 0 Å². The molecule has 2 aromatic rings. The van der Waals surface area contributed by atoms with Gasteiger partial charge in [-0.15, -0.1) is 35.3 Å². The molecule has 0 atom stereocenters. The number of guanidine groups is 1. The number of nitrogens with zero attached hydrogens (tertiary/aromatic N) is 4. The van der Waals surface area contributed by atoms with E-state index in [0.29, 0.717) is 12.5 Å². The maximum Gasteiger partial charge on any atom is 0.191 e. The summed E-state index contributed by atoms with van der Waals surface area (Å²) in [7, 11) is 0. The molecule has 2 fully saturated rings. The molecule has 28 heavy (non-hydrogen) atoms. The molecule has 1 aromatic heterocycles. The molecule has 1 saturated heterocycles. The number of benzene rings is 1. The molecule has 2 N–H and O–H groups in total. The molecular weight excluding hydrogens is 485 g/mol. The molecule has 4 rings (SSSR count). The number of piperazine rings is 1. The van der Waals surface area contributed by atoms with Crippen LogP contribution in [0.15, 0.2) is 34.8 Å². The molecule has 8 heteroatoms. The summed E-state index contributed by atoms with van der Waals surface area (Å²) in [5.74, 6) is 2.30. The average Bonchev–Trinajstić information content (AvgIpc) is 3.36. The van der Waals surface area contributed by atoms with Crippen molar-refractivity contribution >= 4 is 46.4 Å². The normalized spacial score (nSPS) is 17.4. The Morgan fingerprint density at radius 3 is 2.75 bits per heavy atom. The Morgan fingerprint density at radius 1 is 1.29 bits per heavy atom. The Hall–Kier alpha value is -1.55. The lowest BCUT2D eigenvalue weighted by molar-refractivity contribution is 0.296. The number of ether oxygens (including phenoxy) is 1. The number of thiazole rings is 1. The van der Waals surface area contributed by atoms with Gasteiger partial charge >= 0.3 is 0 Å². The molecule has 0 unspecified atom stereocenters. The lowest BCUT2D eigenvalue weighted by Crippen LogP contribution is -2.51. The van der Waals surface area contributed by atoms with Gasteiger partial charge in [-0.1, -0.05) is 12.1 Å². The summed E-state index contributed by atoms with van der Waals surface area (Å²) in [6, 6.07) is 6.32. The van der Waals surface area contributed by atoms with Crippen molar-refractivity contribution in [1.29, 1.82) is 0 Å². The SMILES string of the molecule is Cc1ccc(CN=C(N)N2CCN(c3nccs3)CC2)c(OCC2CC2)c1.I. The van der Waals surface area contributed by atoms with Crippen LogP contribution in [0.3, 0.4) is 0 Å². The minimum absolute atomic E-state index is 0. The highest BCUT2D eigenvalue weighted by Crippen LogP contribution is 2.31. The number of rotatable bonds is 6. The van der Waals surface area contributed by atoms with Crippen LogP contribution < -0.4 is 15.4 Å². The zero-order chi connectivity index (χ0) is 18.6. The quantitative estimate of drug-likeness (QED) is 0.364. The minimum Gasteiger partial charge on any atom is -0.493 e. The predicted octanol–water partition coefficient (Wildman–Crippen LogP) is 3.50. The van der Waals surface area contributed by atoms with Crippen molar-refractivity contribution in [1.82, 2.24) is 9.88 Å². The van der Waals surface area contributed by atoms with Crippen LogP contribution in [0.1, 0.15) is 24.0 Å². The van der Waals surface area contributed by atoms with Gasteiger partial charge in [-0.2, -0.15) is 0 Å². The van der Waals surface area contributed by atoms with Gasteiger partial charge in [0, 0.05) is 43.3 Å². The topological polar surface area (TPSA) is 67.0 Å². The third-order valence-electron chi connectivity index (χ3n) is 5.10. The maximum absolute atomic E-state index is 6.28. The monoisotopic (exact) mass is 513 g/mol. The van der Waals surface area contributed by atoms with Crippen molar-refractivity contribution in [2.45, 2.75) is 26.3 Å². The Morgan fingerprint density at radius 2 is 2.07 bits per heavy atom. The molecule has 1 aromatic carbocycles. The van der Waals surface area contributed by atoms with Gasteiger partial charge in [-0.25, -0.2) is 9.98 Å². The summed E-state index contributed by atoms with van der Waals surface area (Å²) in [5.41, 5.74) is 8.59. The Kier molecular flexibility index (Phi) is 7.39. The van der Waals surface area contributed by atoms with E-state index >= 15 is 0 Å². The van der Waals surface area contributed by atoms with E-state index in [1.165, 1.54) is 18.4 Å². The van der Waals surface area contributed by atoms with E-state index in [4.69, 9.17) is 10.5 Å².